The predicted octanol–water partition coefficient (Wildman–Crippen LogP) is 5.98. The third-order valence-electron chi connectivity index (χ3n) is 7.70. The van der Waals surface area contributed by atoms with Crippen molar-refractivity contribution < 1.29 is 24.6 Å². The molecule has 1 heterocycles. The lowest BCUT2D eigenvalue weighted by Gasteiger charge is -2.41. The summed E-state index contributed by atoms with van der Waals surface area (Å²) >= 11 is 7.80. The standard InChI is InChI=1S/C30H35ClN2O5S/c1-30(2,3)20-8-11-22(12-9-20)33(28(36)24-17-39-26-13-10-21(31)14-23(24)26)16-18-4-6-19(7-5-18)27(35)32-15-25(34)29(37)38/h4-7,10,13-14,17,20,22,25,34H,8-9,11-12,15-16H2,1-3H3,(H,32,35)(H,37,38)/t20?,22?,25-/m1/s1. The van der Waals surface area contributed by atoms with E-state index in [1.807, 2.05) is 40.6 Å². The number of carboxylic acids is 1. The second-order valence-corrected chi connectivity index (χ2v) is 12.7. The molecule has 0 spiro atoms. The van der Waals surface area contributed by atoms with Crippen LogP contribution in [0.4, 0.5) is 0 Å². The molecule has 1 atom stereocenters. The van der Waals surface area contributed by atoms with E-state index in [9.17, 15) is 19.5 Å². The topological polar surface area (TPSA) is 107 Å². The van der Waals surface area contributed by atoms with E-state index in [0.29, 0.717) is 28.6 Å². The van der Waals surface area contributed by atoms with Gasteiger partial charge in [-0.2, -0.15) is 0 Å². The van der Waals surface area contributed by atoms with Gasteiger partial charge in [-0.15, -0.1) is 11.3 Å². The number of hydrogen-bond acceptors (Lipinski definition) is 5. The molecule has 1 fully saturated rings. The Kier molecular flexibility index (Phi) is 8.99. The molecule has 39 heavy (non-hydrogen) atoms. The number of aliphatic hydroxyl groups is 1. The van der Waals surface area contributed by atoms with Crippen LogP contribution < -0.4 is 5.32 Å². The Balaban J connectivity index is 1.55. The average molecular weight is 571 g/mol. The highest BCUT2D eigenvalue weighted by atomic mass is 35.5. The maximum atomic E-state index is 14.0. The molecule has 4 rings (SSSR count). The van der Waals surface area contributed by atoms with Crippen molar-refractivity contribution in [2.45, 2.75) is 65.1 Å². The number of rotatable bonds is 8. The van der Waals surface area contributed by atoms with Crippen LogP contribution in [-0.2, 0) is 11.3 Å². The zero-order valence-electron chi connectivity index (χ0n) is 22.4. The number of aliphatic carboxylic acids is 1. The van der Waals surface area contributed by atoms with Crippen molar-refractivity contribution in [2.75, 3.05) is 6.54 Å². The number of fused-ring (bicyclic) bond motifs is 1. The Morgan fingerprint density at radius 1 is 1.08 bits per heavy atom. The highest BCUT2D eigenvalue weighted by Crippen LogP contribution is 2.40. The fourth-order valence-electron chi connectivity index (χ4n) is 5.28. The van der Waals surface area contributed by atoms with Crippen molar-refractivity contribution in [3.05, 3.63) is 69.6 Å². The third kappa shape index (κ3) is 6.99. The first-order valence-corrected chi connectivity index (χ1v) is 14.5. The molecule has 1 aliphatic rings. The van der Waals surface area contributed by atoms with Crippen molar-refractivity contribution >= 4 is 50.8 Å². The highest BCUT2D eigenvalue weighted by Gasteiger charge is 2.34. The van der Waals surface area contributed by atoms with Gasteiger partial charge in [0.1, 0.15) is 0 Å². The minimum absolute atomic E-state index is 0.0211. The van der Waals surface area contributed by atoms with Gasteiger partial charge in [0.05, 0.1) is 12.1 Å². The number of nitrogens with one attached hydrogen (secondary N) is 1. The van der Waals surface area contributed by atoms with Gasteiger partial charge in [-0.25, -0.2) is 4.79 Å². The normalized spacial score (nSPS) is 18.5. The van der Waals surface area contributed by atoms with E-state index < -0.39 is 18.0 Å². The minimum atomic E-state index is -1.66. The van der Waals surface area contributed by atoms with Crippen LogP contribution in [-0.4, -0.2) is 51.6 Å². The molecule has 0 radical (unpaired) electrons. The van der Waals surface area contributed by atoms with E-state index in [0.717, 1.165) is 41.3 Å². The number of carbonyl (C=O) groups excluding carboxylic acids is 2. The molecule has 1 aromatic heterocycles. The number of aliphatic hydroxyl groups excluding tert-OH is 1. The number of hydrogen-bond donors (Lipinski definition) is 3. The molecule has 9 heteroatoms. The molecule has 0 saturated heterocycles. The largest absolute Gasteiger partial charge is 0.479 e. The van der Waals surface area contributed by atoms with Crippen LogP contribution in [0, 0.1) is 11.3 Å². The quantitative estimate of drug-likeness (QED) is 0.309. The lowest BCUT2D eigenvalue weighted by atomic mass is 9.71. The maximum absolute atomic E-state index is 14.0. The second kappa shape index (κ2) is 12.1. The number of carboxylic acid groups (broad SMARTS) is 1. The molecule has 7 nitrogen and oxygen atoms in total. The van der Waals surface area contributed by atoms with Crippen molar-refractivity contribution in [3.63, 3.8) is 0 Å². The van der Waals surface area contributed by atoms with Crippen molar-refractivity contribution in [1.29, 1.82) is 0 Å². The van der Waals surface area contributed by atoms with Gasteiger partial charge in [0.25, 0.3) is 11.8 Å². The summed E-state index contributed by atoms with van der Waals surface area (Å²) in [6.45, 7) is 6.86. The zero-order valence-corrected chi connectivity index (χ0v) is 24.0. The average Bonchev–Trinajstić information content (AvgIpc) is 3.32. The lowest BCUT2D eigenvalue weighted by molar-refractivity contribution is -0.146. The van der Waals surface area contributed by atoms with Gasteiger partial charge < -0.3 is 20.4 Å². The summed E-state index contributed by atoms with van der Waals surface area (Å²) in [6, 6.07) is 12.7. The lowest BCUT2D eigenvalue weighted by Crippen LogP contribution is -2.43. The van der Waals surface area contributed by atoms with E-state index >= 15 is 0 Å². The van der Waals surface area contributed by atoms with E-state index in [-0.39, 0.29) is 23.9 Å². The molecule has 0 unspecified atom stereocenters. The van der Waals surface area contributed by atoms with E-state index in [1.165, 1.54) is 11.3 Å². The first kappa shape index (κ1) is 29.1. The molecule has 1 saturated carbocycles. The van der Waals surface area contributed by atoms with Gasteiger partial charge >= 0.3 is 5.97 Å². The zero-order chi connectivity index (χ0) is 28.3. The number of halogens is 1. The van der Waals surface area contributed by atoms with Crippen LogP contribution in [0.25, 0.3) is 10.1 Å². The van der Waals surface area contributed by atoms with Crippen LogP contribution in [0.2, 0.25) is 5.02 Å². The molecule has 3 N–H and O–H groups in total. The smallest absolute Gasteiger partial charge is 0.334 e. The maximum Gasteiger partial charge on any atom is 0.334 e. The molecule has 3 aromatic rings. The van der Waals surface area contributed by atoms with Gasteiger partial charge in [-0.3, -0.25) is 9.59 Å². The van der Waals surface area contributed by atoms with E-state index in [4.69, 9.17) is 16.7 Å². The fraction of sp³-hybridized carbons (Fsp3) is 0.433. The molecule has 208 valence electrons. The minimum Gasteiger partial charge on any atom is -0.479 e. The van der Waals surface area contributed by atoms with Crippen LogP contribution in [0.15, 0.2) is 47.8 Å². The van der Waals surface area contributed by atoms with Crippen LogP contribution >= 0.6 is 22.9 Å². The summed E-state index contributed by atoms with van der Waals surface area (Å²) in [4.78, 5) is 39.2. The van der Waals surface area contributed by atoms with E-state index in [1.54, 1.807) is 12.1 Å². The van der Waals surface area contributed by atoms with Crippen LogP contribution in [0.3, 0.4) is 0 Å². The van der Waals surface area contributed by atoms with Crippen molar-refractivity contribution in [1.82, 2.24) is 10.2 Å². The van der Waals surface area contributed by atoms with Gasteiger partial charge in [0.15, 0.2) is 6.10 Å². The van der Waals surface area contributed by atoms with Gasteiger partial charge in [-0.05, 0) is 72.9 Å². The molecular formula is C30H35ClN2O5S. The summed E-state index contributed by atoms with van der Waals surface area (Å²) < 4.78 is 1.02. The Morgan fingerprint density at radius 3 is 2.36 bits per heavy atom. The SMILES string of the molecule is CC(C)(C)C1CCC(N(Cc2ccc(C(=O)NC[C@@H](O)C(=O)O)cc2)C(=O)c2csc3ccc(Cl)cc23)CC1. The summed E-state index contributed by atoms with van der Waals surface area (Å²) in [7, 11) is 0. The Bertz CT molecular complexity index is 1340. The van der Waals surface area contributed by atoms with Crippen molar-refractivity contribution in [2.24, 2.45) is 11.3 Å². The fourth-order valence-corrected chi connectivity index (χ4v) is 6.37. The Labute approximate surface area is 237 Å². The number of nitrogens with zero attached hydrogens (tertiary/aromatic N) is 1. The van der Waals surface area contributed by atoms with Gasteiger partial charge in [0, 0.05) is 38.6 Å². The highest BCUT2D eigenvalue weighted by molar-refractivity contribution is 7.17. The van der Waals surface area contributed by atoms with Gasteiger partial charge in [-0.1, -0.05) is 44.5 Å². The summed E-state index contributed by atoms with van der Waals surface area (Å²) in [5.74, 6) is -1.28. The Hall–Kier alpha value is -2.94. The number of amides is 2. The van der Waals surface area contributed by atoms with Crippen LogP contribution in [0.1, 0.15) is 72.7 Å². The molecule has 0 bridgehead atoms. The van der Waals surface area contributed by atoms with Gasteiger partial charge in [0.2, 0.25) is 0 Å². The molecule has 1 aliphatic carbocycles. The molecule has 0 aliphatic heterocycles. The molecular weight excluding hydrogens is 536 g/mol. The molecule has 2 amide bonds. The number of thiophene rings is 1. The number of carbonyl (C=O) groups is 3. The van der Waals surface area contributed by atoms with Crippen LogP contribution in [0.5, 0.6) is 0 Å². The summed E-state index contributed by atoms with van der Waals surface area (Å²) in [5, 5.41) is 24.0. The molecule has 2 aromatic carbocycles. The predicted molar refractivity (Wildman–Crippen MR) is 154 cm³/mol. The third-order valence-corrected chi connectivity index (χ3v) is 8.90. The first-order chi connectivity index (χ1) is 18.4. The van der Waals surface area contributed by atoms with Crippen molar-refractivity contribution in [3.8, 4) is 0 Å². The monoisotopic (exact) mass is 570 g/mol. The first-order valence-electron chi connectivity index (χ1n) is 13.2. The summed E-state index contributed by atoms with van der Waals surface area (Å²) in [6.07, 6.45) is 2.33. The number of benzene rings is 2. The second-order valence-electron chi connectivity index (χ2n) is 11.4. The summed E-state index contributed by atoms with van der Waals surface area (Å²) in [5.41, 5.74) is 2.12. The van der Waals surface area contributed by atoms with E-state index in [2.05, 4.69) is 26.1 Å². The Morgan fingerprint density at radius 2 is 1.74 bits per heavy atom.